The normalized spacial score (nSPS) is 14.2. The number of carboxylic acid groups (broad SMARTS) is 1. The van der Waals surface area contributed by atoms with Gasteiger partial charge in [0.05, 0.1) is 28.3 Å². The first-order chi connectivity index (χ1) is 17.9. The maximum absolute atomic E-state index is 11.2. The van der Waals surface area contributed by atoms with Gasteiger partial charge in [0.15, 0.2) is 0 Å². The van der Waals surface area contributed by atoms with Gasteiger partial charge >= 0.3 is 5.97 Å². The van der Waals surface area contributed by atoms with Crippen LogP contribution in [0.1, 0.15) is 71.4 Å². The van der Waals surface area contributed by atoms with Crippen LogP contribution in [-0.4, -0.2) is 27.9 Å². The number of nitrogens with zero attached hydrogens (tertiary/aromatic N) is 1. The van der Waals surface area contributed by atoms with Gasteiger partial charge in [-0.05, 0) is 78.8 Å². The number of benzene rings is 3. The standard InChI is InChI=1S/C29H27Cl2NO5/c30-23-4-3-5-24(31)26(23)27-22(28(37-32-27)17-7-8-17)16-36-13-2-1-6-25(33)20-11-9-19-15-21(29(34)35)12-10-18(19)14-20/h3-5,9-12,14-15,17,25,33H,1-2,6-8,13,16H2,(H,34,35). The first-order valence-corrected chi connectivity index (χ1v) is 13.1. The average Bonchev–Trinajstić information content (AvgIpc) is 3.65. The molecule has 0 radical (unpaired) electrons. The molecule has 1 saturated carbocycles. The van der Waals surface area contributed by atoms with Gasteiger partial charge in [0.2, 0.25) is 0 Å². The van der Waals surface area contributed by atoms with Crippen molar-refractivity contribution in [1.82, 2.24) is 5.16 Å². The number of rotatable bonds is 11. The van der Waals surface area contributed by atoms with Crippen LogP contribution < -0.4 is 0 Å². The van der Waals surface area contributed by atoms with Crippen LogP contribution in [0.2, 0.25) is 10.0 Å². The molecule has 0 bridgehead atoms. The fraction of sp³-hybridized carbons (Fsp3) is 0.310. The lowest BCUT2D eigenvalue weighted by Gasteiger charge is -2.12. The minimum atomic E-state index is -0.954. The van der Waals surface area contributed by atoms with E-state index < -0.39 is 12.1 Å². The van der Waals surface area contributed by atoms with Crippen molar-refractivity contribution in [2.75, 3.05) is 6.61 Å². The molecule has 1 aliphatic rings. The summed E-state index contributed by atoms with van der Waals surface area (Å²) in [4.78, 5) is 11.2. The van der Waals surface area contributed by atoms with Crippen molar-refractivity contribution in [3.8, 4) is 11.3 Å². The fourth-order valence-corrected chi connectivity index (χ4v) is 5.11. The number of carboxylic acids is 1. The molecule has 6 nitrogen and oxygen atoms in total. The van der Waals surface area contributed by atoms with Crippen LogP contribution in [0.4, 0.5) is 0 Å². The van der Waals surface area contributed by atoms with Gasteiger partial charge in [-0.3, -0.25) is 0 Å². The maximum atomic E-state index is 11.2. The van der Waals surface area contributed by atoms with E-state index in [1.54, 1.807) is 36.4 Å². The predicted octanol–water partition coefficient (Wildman–Crippen LogP) is 7.80. The Morgan fingerprint density at radius 3 is 2.51 bits per heavy atom. The lowest BCUT2D eigenvalue weighted by atomic mass is 9.99. The minimum absolute atomic E-state index is 0.248. The van der Waals surface area contributed by atoms with Crippen molar-refractivity contribution < 1.29 is 24.3 Å². The highest BCUT2D eigenvalue weighted by Gasteiger charge is 2.33. The molecule has 37 heavy (non-hydrogen) atoms. The van der Waals surface area contributed by atoms with Gasteiger partial charge in [-0.25, -0.2) is 4.79 Å². The second-order valence-electron chi connectivity index (χ2n) is 9.44. The highest BCUT2D eigenvalue weighted by atomic mass is 35.5. The summed E-state index contributed by atoms with van der Waals surface area (Å²) in [5.74, 6) is 0.270. The second-order valence-corrected chi connectivity index (χ2v) is 10.3. The Bertz CT molecular complexity index is 1410. The summed E-state index contributed by atoms with van der Waals surface area (Å²) in [5, 5.41) is 26.9. The van der Waals surface area contributed by atoms with Gasteiger partial charge in [-0.15, -0.1) is 0 Å². The number of aromatic carboxylic acids is 1. The first kappa shape index (κ1) is 25.7. The molecular weight excluding hydrogens is 513 g/mol. The third-order valence-corrected chi connectivity index (χ3v) is 7.35. The summed E-state index contributed by atoms with van der Waals surface area (Å²) in [6, 6.07) is 16.0. The highest BCUT2D eigenvalue weighted by Crippen LogP contribution is 2.46. The molecule has 0 saturated heterocycles. The molecular formula is C29H27Cl2NO5. The number of halogens is 2. The Hall–Kier alpha value is -2.90. The van der Waals surface area contributed by atoms with Crippen LogP contribution >= 0.6 is 23.2 Å². The highest BCUT2D eigenvalue weighted by molar-refractivity contribution is 6.39. The third-order valence-electron chi connectivity index (χ3n) is 6.72. The molecule has 5 rings (SSSR count). The average molecular weight is 540 g/mol. The monoisotopic (exact) mass is 539 g/mol. The molecule has 1 heterocycles. The van der Waals surface area contributed by atoms with Gasteiger partial charge in [-0.1, -0.05) is 52.6 Å². The zero-order valence-corrected chi connectivity index (χ0v) is 21.6. The van der Waals surface area contributed by atoms with E-state index in [9.17, 15) is 9.90 Å². The van der Waals surface area contributed by atoms with Crippen LogP contribution in [0.15, 0.2) is 59.1 Å². The van der Waals surface area contributed by atoms with Crippen molar-refractivity contribution in [2.24, 2.45) is 0 Å². The number of unbranched alkanes of at least 4 members (excludes halogenated alkanes) is 1. The van der Waals surface area contributed by atoms with Crippen molar-refractivity contribution in [1.29, 1.82) is 0 Å². The van der Waals surface area contributed by atoms with E-state index >= 15 is 0 Å². The van der Waals surface area contributed by atoms with Crippen LogP contribution in [0.3, 0.4) is 0 Å². The van der Waals surface area contributed by atoms with Crippen molar-refractivity contribution in [2.45, 2.75) is 50.7 Å². The summed E-state index contributed by atoms with van der Waals surface area (Å²) in [7, 11) is 0. The molecule has 1 fully saturated rings. The summed E-state index contributed by atoms with van der Waals surface area (Å²) < 4.78 is 11.7. The molecule has 0 amide bonds. The molecule has 192 valence electrons. The fourth-order valence-electron chi connectivity index (χ4n) is 4.54. The number of carbonyl (C=O) groups is 1. The van der Waals surface area contributed by atoms with Gasteiger partial charge in [0.25, 0.3) is 0 Å². The number of aliphatic hydroxyl groups excluding tert-OH is 1. The van der Waals surface area contributed by atoms with Gasteiger partial charge in [0, 0.05) is 23.7 Å². The third kappa shape index (κ3) is 5.83. The van der Waals surface area contributed by atoms with Crippen LogP contribution in [0.25, 0.3) is 22.0 Å². The van der Waals surface area contributed by atoms with Crippen LogP contribution in [0, 0.1) is 0 Å². The molecule has 1 unspecified atom stereocenters. The van der Waals surface area contributed by atoms with Gasteiger partial charge in [-0.2, -0.15) is 0 Å². The molecule has 0 spiro atoms. The van der Waals surface area contributed by atoms with E-state index in [-0.39, 0.29) is 5.56 Å². The number of aliphatic hydroxyl groups is 1. The van der Waals surface area contributed by atoms with E-state index in [0.717, 1.165) is 53.3 Å². The second kappa shape index (κ2) is 11.2. The summed E-state index contributed by atoms with van der Waals surface area (Å²) in [6.07, 6.45) is 3.73. The Labute approximate surface area is 224 Å². The van der Waals surface area contributed by atoms with E-state index in [1.165, 1.54) is 0 Å². The molecule has 0 aliphatic heterocycles. The largest absolute Gasteiger partial charge is 0.478 e. The number of hydrogen-bond donors (Lipinski definition) is 2. The molecule has 3 aromatic carbocycles. The lowest BCUT2D eigenvalue weighted by molar-refractivity contribution is 0.0697. The number of fused-ring (bicyclic) bond motifs is 1. The number of hydrogen-bond acceptors (Lipinski definition) is 5. The summed E-state index contributed by atoms with van der Waals surface area (Å²) in [5.41, 5.74) is 3.27. The first-order valence-electron chi connectivity index (χ1n) is 12.4. The van der Waals surface area contributed by atoms with Crippen molar-refractivity contribution in [3.05, 3.63) is 87.1 Å². The number of aromatic nitrogens is 1. The SMILES string of the molecule is O=C(O)c1ccc2cc(C(O)CCCCOCc3c(-c4c(Cl)cccc4Cl)noc3C3CC3)ccc2c1. The molecule has 1 aromatic heterocycles. The Balaban J connectivity index is 1.15. The Morgan fingerprint density at radius 2 is 1.78 bits per heavy atom. The van der Waals surface area contributed by atoms with Crippen LogP contribution in [0.5, 0.6) is 0 Å². The van der Waals surface area contributed by atoms with Crippen LogP contribution in [-0.2, 0) is 11.3 Å². The lowest BCUT2D eigenvalue weighted by Crippen LogP contribution is -2.02. The minimum Gasteiger partial charge on any atom is -0.478 e. The quantitative estimate of drug-likeness (QED) is 0.189. The van der Waals surface area contributed by atoms with Crippen molar-refractivity contribution in [3.63, 3.8) is 0 Å². The number of ether oxygens (including phenoxy) is 1. The van der Waals surface area contributed by atoms with E-state index in [2.05, 4.69) is 5.16 Å². The molecule has 2 N–H and O–H groups in total. The van der Waals surface area contributed by atoms with E-state index in [4.69, 9.17) is 37.6 Å². The smallest absolute Gasteiger partial charge is 0.335 e. The van der Waals surface area contributed by atoms with E-state index in [1.807, 2.05) is 18.2 Å². The molecule has 4 aromatic rings. The Morgan fingerprint density at radius 1 is 1.05 bits per heavy atom. The zero-order chi connectivity index (χ0) is 25.9. The molecule has 8 heteroatoms. The van der Waals surface area contributed by atoms with Crippen molar-refractivity contribution >= 4 is 39.9 Å². The predicted molar refractivity (Wildman–Crippen MR) is 143 cm³/mol. The zero-order valence-electron chi connectivity index (χ0n) is 20.1. The summed E-state index contributed by atoms with van der Waals surface area (Å²) in [6.45, 7) is 0.894. The maximum Gasteiger partial charge on any atom is 0.335 e. The Kier molecular flexibility index (Phi) is 7.81. The van der Waals surface area contributed by atoms with Gasteiger partial charge < -0.3 is 19.5 Å². The van der Waals surface area contributed by atoms with Gasteiger partial charge in [0.1, 0.15) is 11.5 Å². The summed E-state index contributed by atoms with van der Waals surface area (Å²) >= 11 is 12.8. The molecule has 1 aliphatic carbocycles. The van der Waals surface area contributed by atoms with E-state index in [0.29, 0.717) is 46.9 Å². The molecule has 1 atom stereocenters. The topological polar surface area (TPSA) is 92.8 Å².